The van der Waals surface area contributed by atoms with E-state index in [9.17, 15) is 18.7 Å². The molecule has 2 aliphatic rings. The number of carbonyl (C=O) groups is 1. The van der Waals surface area contributed by atoms with Crippen LogP contribution in [0.3, 0.4) is 0 Å². The topological polar surface area (TPSA) is 124 Å². The maximum absolute atomic E-state index is 15.0. The van der Waals surface area contributed by atoms with Crippen molar-refractivity contribution in [1.82, 2.24) is 29.3 Å². The van der Waals surface area contributed by atoms with E-state index in [1.165, 1.54) is 23.2 Å². The lowest BCUT2D eigenvalue weighted by Crippen LogP contribution is -2.59. The average molecular weight is 558 g/mol. The van der Waals surface area contributed by atoms with E-state index in [1.54, 1.807) is 16.8 Å². The zero-order valence-electron chi connectivity index (χ0n) is 21.0. The zero-order chi connectivity index (χ0) is 27.5. The van der Waals surface area contributed by atoms with Crippen LogP contribution in [0.25, 0.3) is 16.8 Å². The molecular weight excluding hydrogens is 532 g/mol. The molecule has 3 N–H and O–H groups in total. The number of fused-ring (bicyclic) bond motifs is 2. The molecule has 0 saturated heterocycles. The van der Waals surface area contributed by atoms with Crippen molar-refractivity contribution in [2.45, 2.75) is 50.7 Å². The number of pyridine rings is 2. The molecule has 204 valence electrons. The monoisotopic (exact) mass is 557 g/mol. The van der Waals surface area contributed by atoms with Gasteiger partial charge in [0.25, 0.3) is 5.91 Å². The fourth-order valence-electron chi connectivity index (χ4n) is 5.25. The third-order valence-electron chi connectivity index (χ3n) is 7.38. The third-order valence-corrected chi connectivity index (χ3v) is 7.66. The van der Waals surface area contributed by atoms with Gasteiger partial charge in [0.2, 0.25) is 0 Å². The van der Waals surface area contributed by atoms with Crippen LogP contribution in [-0.2, 0) is 17.9 Å². The van der Waals surface area contributed by atoms with Crippen LogP contribution in [0.4, 0.5) is 8.78 Å². The number of aromatic nitrogens is 5. The molecule has 1 amide bonds. The van der Waals surface area contributed by atoms with Gasteiger partial charge in [0, 0.05) is 42.8 Å². The van der Waals surface area contributed by atoms with Crippen LogP contribution >= 0.6 is 11.6 Å². The number of aliphatic hydroxyl groups excluding tert-OH is 1. The van der Waals surface area contributed by atoms with Gasteiger partial charge in [0.1, 0.15) is 29.8 Å². The fraction of sp³-hybridized carbons (Fsp3) is 0.385. The van der Waals surface area contributed by atoms with E-state index in [0.717, 1.165) is 17.5 Å². The molecule has 13 heteroatoms. The molecule has 1 saturated carbocycles. The third kappa shape index (κ3) is 4.52. The van der Waals surface area contributed by atoms with E-state index in [-0.39, 0.29) is 37.7 Å². The highest BCUT2D eigenvalue weighted by Crippen LogP contribution is 2.39. The quantitative estimate of drug-likeness (QED) is 0.373. The van der Waals surface area contributed by atoms with Crippen LogP contribution < -0.4 is 10.5 Å². The zero-order valence-corrected chi connectivity index (χ0v) is 21.8. The maximum atomic E-state index is 15.0. The highest BCUT2D eigenvalue weighted by atomic mass is 35.5. The molecule has 1 aliphatic carbocycles. The largest absolute Gasteiger partial charge is 0.488 e. The molecule has 5 heterocycles. The van der Waals surface area contributed by atoms with Gasteiger partial charge in [-0.25, -0.2) is 13.3 Å². The second kappa shape index (κ2) is 9.54. The first kappa shape index (κ1) is 25.7. The van der Waals surface area contributed by atoms with Crippen LogP contribution in [-0.4, -0.2) is 65.2 Å². The molecule has 0 spiro atoms. The van der Waals surface area contributed by atoms with Crippen molar-refractivity contribution in [1.29, 1.82) is 0 Å². The molecule has 1 fully saturated rings. The Kier molecular flexibility index (Phi) is 6.28. The average Bonchev–Trinajstić information content (AvgIpc) is 3.45. The van der Waals surface area contributed by atoms with Gasteiger partial charge in [0.15, 0.2) is 5.67 Å². The van der Waals surface area contributed by atoms with Gasteiger partial charge in [-0.2, -0.15) is 10.2 Å². The summed E-state index contributed by atoms with van der Waals surface area (Å²) < 4.78 is 37.5. The molecular formula is C26H26ClF2N7O3. The Morgan fingerprint density at radius 3 is 2.85 bits per heavy atom. The molecule has 4 aromatic heterocycles. The number of carbonyl (C=O) groups excluding carboxylic acids is 1. The SMILES string of the molecule is Cc1c(-c2cc(OCC(O)c3ccc(F)cn3)c3c(Cl)cnn3c2)nn2c1CN(C(=O)C1(F)CC(N)C1)CC2. The molecule has 1 atom stereocenters. The summed E-state index contributed by atoms with van der Waals surface area (Å²) in [4.78, 5) is 18.3. The lowest BCUT2D eigenvalue weighted by atomic mass is 9.76. The number of nitrogens with zero attached hydrogens (tertiary/aromatic N) is 6. The van der Waals surface area contributed by atoms with Crippen molar-refractivity contribution in [3.8, 4) is 17.0 Å². The first-order valence-electron chi connectivity index (χ1n) is 12.5. The predicted octanol–water partition coefficient (Wildman–Crippen LogP) is 2.98. The Morgan fingerprint density at radius 1 is 1.33 bits per heavy atom. The molecule has 0 radical (unpaired) electrons. The van der Waals surface area contributed by atoms with Crippen molar-refractivity contribution in [3.63, 3.8) is 0 Å². The summed E-state index contributed by atoms with van der Waals surface area (Å²) in [6.45, 7) is 2.76. The van der Waals surface area contributed by atoms with Crippen molar-refractivity contribution >= 4 is 23.0 Å². The minimum absolute atomic E-state index is 0.0486. The summed E-state index contributed by atoms with van der Waals surface area (Å²) in [5.41, 5.74) is 7.60. The number of alkyl halides is 1. The number of amides is 1. The van der Waals surface area contributed by atoms with Crippen LogP contribution in [0, 0.1) is 12.7 Å². The van der Waals surface area contributed by atoms with Gasteiger partial charge in [-0.3, -0.25) is 14.5 Å². The Hall–Kier alpha value is -3.61. The van der Waals surface area contributed by atoms with Crippen molar-refractivity contribution in [2.75, 3.05) is 13.2 Å². The summed E-state index contributed by atoms with van der Waals surface area (Å²) in [7, 11) is 0. The number of rotatable bonds is 6. The first-order chi connectivity index (χ1) is 18.6. The number of hydrogen-bond donors (Lipinski definition) is 2. The van der Waals surface area contributed by atoms with Gasteiger partial charge >= 0.3 is 0 Å². The van der Waals surface area contributed by atoms with Crippen LogP contribution in [0.1, 0.15) is 35.9 Å². The van der Waals surface area contributed by atoms with Gasteiger partial charge in [-0.05, 0) is 25.1 Å². The minimum atomic E-state index is -1.89. The Balaban J connectivity index is 1.28. The van der Waals surface area contributed by atoms with E-state index in [0.29, 0.717) is 40.6 Å². The maximum Gasteiger partial charge on any atom is 0.260 e. The van der Waals surface area contributed by atoms with E-state index in [1.807, 2.05) is 11.6 Å². The van der Waals surface area contributed by atoms with Crippen molar-refractivity contribution in [2.24, 2.45) is 5.73 Å². The van der Waals surface area contributed by atoms with Crippen LogP contribution in [0.5, 0.6) is 5.75 Å². The van der Waals surface area contributed by atoms with Crippen molar-refractivity contribution < 1.29 is 23.4 Å². The van der Waals surface area contributed by atoms with Crippen LogP contribution in [0.2, 0.25) is 5.02 Å². The van der Waals surface area contributed by atoms with E-state index >= 15 is 0 Å². The fourth-order valence-corrected chi connectivity index (χ4v) is 5.47. The molecule has 10 nitrogen and oxygen atoms in total. The number of hydrogen-bond acceptors (Lipinski definition) is 7. The summed E-state index contributed by atoms with van der Waals surface area (Å²) in [5, 5.41) is 20.0. The highest BCUT2D eigenvalue weighted by Gasteiger charge is 2.51. The van der Waals surface area contributed by atoms with E-state index in [4.69, 9.17) is 27.2 Å². The van der Waals surface area contributed by atoms with E-state index < -0.39 is 23.5 Å². The van der Waals surface area contributed by atoms with Gasteiger partial charge < -0.3 is 20.5 Å². The molecule has 6 rings (SSSR count). The van der Waals surface area contributed by atoms with Crippen LogP contribution in [0.15, 0.2) is 36.8 Å². The lowest BCUT2D eigenvalue weighted by Gasteiger charge is -2.42. The molecule has 1 unspecified atom stereocenters. The lowest BCUT2D eigenvalue weighted by molar-refractivity contribution is -0.152. The normalized spacial score (nSPS) is 21.5. The molecule has 39 heavy (non-hydrogen) atoms. The number of nitrogens with two attached hydrogens (primary N) is 1. The van der Waals surface area contributed by atoms with Gasteiger partial charge in [0.05, 0.1) is 47.6 Å². The summed E-state index contributed by atoms with van der Waals surface area (Å²) in [5.74, 6) is -0.663. The molecule has 0 aromatic carbocycles. The standard InChI is InChI=1S/C26H26ClF2N7O3/c1-14-20-12-34(25(38)26(29)7-17(30)8-26)4-5-35(20)33-23(14)15-6-22(24-18(27)10-32-36(24)11-15)39-13-21(37)19-3-2-16(28)9-31-19/h2-3,6,9-11,17,21,37H,4-5,7-8,12-13,30H2,1H3. The van der Waals surface area contributed by atoms with Gasteiger partial charge in [-0.1, -0.05) is 11.6 Å². The Bertz CT molecular complexity index is 1570. The Labute approximate surface area is 226 Å². The minimum Gasteiger partial charge on any atom is -0.488 e. The summed E-state index contributed by atoms with van der Waals surface area (Å²) >= 11 is 6.37. The van der Waals surface area contributed by atoms with E-state index in [2.05, 4.69) is 10.1 Å². The first-order valence-corrected chi connectivity index (χ1v) is 12.9. The second-order valence-electron chi connectivity index (χ2n) is 10.1. The predicted molar refractivity (Wildman–Crippen MR) is 137 cm³/mol. The number of aliphatic hydroxyl groups is 1. The molecule has 1 aliphatic heterocycles. The summed E-state index contributed by atoms with van der Waals surface area (Å²) in [6.07, 6.45) is 3.27. The number of ether oxygens (including phenoxy) is 1. The molecule has 4 aromatic rings. The second-order valence-corrected chi connectivity index (χ2v) is 10.5. The Morgan fingerprint density at radius 2 is 2.13 bits per heavy atom. The number of halogens is 3. The smallest absolute Gasteiger partial charge is 0.260 e. The van der Waals surface area contributed by atoms with Gasteiger partial charge in [-0.15, -0.1) is 0 Å². The van der Waals surface area contributed by atoms with Crippen molar-refractivity contribution in [3.05, 3.63) is 64.6 Å². The molecule has 0 bridgehead atoms. The summed E-state index contributed by atoms with van der Waals surface area (Å²) in [6, 6.07) is 4.07. The highest BCUT2D eigenvalue weighted by molar-refractivity contribution is 6.34.